The first-order valence-electron chi connectivity index (χ1n) is 12.4. The highest BCUT2D eigenvalue weighted by Crippen LogP contribution is 2.38. The quantitative estimate of drug-likeness (QED) is 0.464. The van der Waals surface area contributed by atoms with E-state index in [1.165, 1.54) is 37.0 Å². The zero-order valence-electron chi connectivity index (χ0n) is 20.6. The summed E-state index contributed by atoms with van der Waals surface area (Å²) in [6.45, 7) is 9.16. The standard InChI is InChI=1S/C25H39IN4O2S/c1-25(2)11-7-19(8-12-25)29-14-10-20(17-29)28(4)24(32)30-13-9-18(16-30)15-27(3)23(31)21-5-6-22(26)33-21/h5-6,18-20H,7-17H2,1-4H3/t18?,20-/m1/s1. The van der Waals surface area contributed by atoms with Gasteiger partial charge in [-0.25, -0.2) is 4.79 Å². The topological polar surface area (TPSA) is 47.1 Å². The molecule has 2 saturated heterocycles. The second kappa shape index (κ2) is 10.4. The third kappa shape index (κ3) is 6.04. The molecular formula is C25H39IN4O2S. The van der Waals surface area contributed by atoms with Gasteiger partial charge in [-0.1, -0.05) is 13.8 Å². The van der Waals surface area contributed by atoms with Gasteiger partial charge in [0.2, 0.25) is 0 Å². The van der Waals surface area contributed by atoms with Crippen LogP contribution in [0, 0.1) is 14.2 Å². The molecule has 0 N–H and O–H groups in total. The van der Waals surface area contributed by atoms with Crippen LogP contribution in [0.5, 0.6) is 0 Å². The van der Waals surface area contributed by atoms with E-state index in [2.05, 4.69) is 41.3 Å². The molecule has 3 fully saturated rings. The van der Waals surface area contributed by atoms with Crippen LogP contribution in [0.3, 0.4) is 0 Å². The maximum absolute atomic E-state index is 13.2. The molecule has 1 unspecified atom stereocenters. The average Bonchev–Trinajstić information content (AvgIpc) is 3.53. The van der Waals surface area contributed by atoms with Gasteiger partial charge < -0.3 is 14.7 Å². The highest BCUT2D eigenvalue weighted by Gasteiger charge is 2.37. The van der Waals surface area contributed by atoms with Crippen molar-refractivity contribution in [2.45, 2.75) is 64.5 Å². The maximum atomic E-state index is 13.2. The highest BCUT2D eigenvalue weighted by atomic mass is 127. The molecule has 8 heteroatoms. The minimum atomic E-state index is 0.0851. The summed E-state index contributed by atoms with van der Waals surface area (Å²) >= 11 is 3.79. The lowest BCUT2D eigenvalue weighted by molar-refractivity contribution is 0.0778. The molecule has 0 spiro atoms. The summed E-state index contributed by atoms with van der Waals surface area (Å²) in [7, 11) is 3.87. The number of likely N-dealkylation sites (tertiary alicyclic amines) is 2. The normalized spacial score (nSPS) is 26.0. The average molecular weight is 587 g/mol. The van der Waals surface area contributed by atoms with E-state index < -0.39 is 0 Å². The van der Waals surface area contributed by atoms with Crippen molar-refractivity contribution in [1.29, 1.82) is 0 Å². The van der Waals surface area contributed by atoms with Crippen molar-refractivity contribution < 1.29 is 9.59 Å². The Labute approximate surface area is 216 Å². The summed E-state index contributed by atoms with van der Waals surface area (Å²) < 4.78 is 1.13. The molecule has 3 aliphatic rings. The van der Waals surface area contributed by atoms with Gasteiger partial charge in [-0.05, 0) is 84.6 Å². The van der Waals surface area contributed by atoms with Crippen LogP contribution < -0.4 is 0 Å². The molecule has 1 saturated carbocycles. The number of hydrogen-bond acceptors (Lipinski definition) is 4. The predicted molar refractivity (Wildman–Crippen MR) is 143 cm³/mol. The van der Waals surface area contributed by atoms with Crippen molar-refractivity contribution in [3.05, 3.63) is 19.9 Å². The van der Waals surface area contributed by atoms with Crippen molar-refractivity contribution in [3.63, 3.8) is 0 Å². The Kier molecular flexibility index (Phi) is 7.95. The Bertz CT molecular complexity index is 849. The lowest BCUT2D eigenvalue weighted by atomic mass is 9.75. The van der Waals surface area contributed by atoms with E-state index in [-0.39, 0.29) is 11.9 Å². The molecule has 2 atom stereocenters. The van der Waals surface area contributed by atoms with E-state index in [1.54, 1.807) is 0 Å². The number of thiophene rings is 1. The fourth-order valence-electron chi connectivity index (χ4n) is 5.79. The van der Waals surface area contributed by atoms with E-state index in [0.29, 0.717) is 30.0 Å². The molecule has 1 aliphatic carbocycles. The number of hydrogen-bond donors (Lipinski definition) is 0. The largest absolute Gasteiger partial charge is 0.341 e. The van der Waals surface area contributed by atoms with Crippen LogP contribution in [-0.2, 0) is 0 Å². The number of carbonyl (C=O) groups excluding carboxylic acids is 2. The summed E-state index contributed by atoms with van der Waals surface area (Å²) in [5, 5.41) is 0. The van der Waals surface area contributed by atoms with E-state index >= 15 is 0 Å². The van der Waals surface area contributed by atoms with E-state index in [1.807, 2.05) is 40.9 Å². The predicted octanol–water partition coefficient (Wildman–Crippen LogP) is 4.84. The van der Waals surface area contributed by atoms with E-state index in [9.17, 15) is 9.59 Å². The van der Waals surface area contributed by atoms with Gasteiger partial charge in [0.15, 0.2) is 0 Å². The summed E-state index contributed by atoms with van der Waals surface area (Å²) in [5.41, 5.74) is 0.496. The Balaban J connectivity index is 1.24. The molecule has 1 aromatic heterocycles. The molecule has 184 valence electrons. The minimum Gasteiger partial charge on any atom is -0.341 e. The molecule has 33 heavy (non-hydrogen) atoms. The number of nitrogens with zero attached hydrogens (tertiary/aromatic N) is 4. The number of halogens is 1. The third-order valence-corrected chi connectivity index (χ3v) is 9.97. The van der Waals surface area contributed by atoms with Gasteiger partial charge in [0, 0.05) is 58.9 Å². The SMILES string of the molecule is CN(CC1CCN(C(=O)N(C)[C@@H]2CCN(C3CCC(C)(C)CC3)C2)C1)C(=O)c1ccc(I)s1. The van der Waals surface area contributed by atoms with Gasteiger partial charge in [-0.15, -0.1) is 11.3 Å². The highest BCUT2D eigenvalue weighted by molar-refractivity contribution is 14.1. The van der Waals surface area contributed by atoms with Gasteiger partial charge in [0.25, 0.3) is 5.91 Å². The van der Waals surface area contributed by atoms with E-state index in [0.717, 1.165) is 46.8 Å². The molecule has 3 heterocycles. The summed E-state index contributed by atoms with van der Waals surface area (Å²) in [6.07, 6.45) is 7.26. The van der Waals surface area contributed by atoms with Crippen molar-refractivity contribution in [1.82, 2.24) is 19.6 Å². The first-order valence-corrected chi connectivity index (χ1v) is 14.3. The fourth-order valence-corrected chi connectivity index (χ4v) is 7.40. The molecule has 0 bridgehead atoms. The molecular weight excluding hydrogens is 547 g/mol. The van der Waals surface area contributed by atoms with Gasteiger partial charge in [0.1, 0.15) is 0 Å². The van der Waals surface area contributed by atoms with Crippen LogP contribution >= 0.6 is 33.9 Å². The van der Waals surface area contributed by atoms with Crippen molar-refractivity contribution in [2.75, 3.05) is 46.8 Å². The molecule has 6 nitrogen and oxygen atoms in total. The molecule has 2 aliphatic heterocycles. The Hall–Kier alpha value is -0.870. The molecule has 3 amide bonds. The van der Waals surface area contributed by atoms with Crippen molar-refractivity contribution in [3.8, 4) is 0 Å². The van der Waals surface area contributed by atoms with Crippen molar-refractivity contribution >= 4 is 45.9 Å². The zero-order valence-corrected chi connectivity index (χ0v) is 23.5. The minimum absolute atomic E-state index is 0.0851. The number of likely N-dealkylation sites (N-methyl/N-ethyl adjacent to an activating group) is 1. The van der Waals surface area contributed by atoms with Gasteiger partial charge in [-0.2, -0.15) is 0 Å². The smallest absolute Gasteiger partial charge is 0.320 e. The Morgan fingerprint density at radius 2 is 1.82 bits per heavy atom. The lowest BCUT2D eigenvalue weighted by Crippen LogP contribution is -2.47. The number of carbonyl (C=O) groups is 2. The van der Waals surface area contributed by atoms with Crippen LogP contribution in [0.2, 0.25) is 0 Å². The second-order valence-corrected chi connectivity index (χ2v) is 14.1. The van der Waals surface area contributed by atoms with Gasteiger partial charge >= 0.3 is 6.03 Å². The van der Waals surface area contributed by atoms with Gasteiger partial charge in [0.05, 0.1) is 7.76 Å². The van der Waals surface area contributed by atoms with Crippen LogP contribution in [0.25, 0.3) is 0 Å². The molecule has 0 aromatic carbocycles. The molecule has 1 aromatic rings. The number of amides is 3. The fraction of sp³-hybridized carbons (Fsp3) is 0.760. The Morgan fingerprint density at radius 3 is 2.48 bits per heavy atom. The second-order valence-electron chi connectivity index (χ2n) is 11.1. The van der Waals surface area contributed by atoms with Gasteiger partial charge in [-0.3, -0.25) is 9.69 Å². The summed E-state index contributed by atoms with van der Waals surface area (Å²) in [5.74, 6) is 0.433. The van der Waals surface area contributed by atoms with E-state index in [4.69, 9.17) is 0 Å². The van der Waals surface area contributed by atoms with Crippen molar-refractivity contribution in [2.24, 2.45) is 11.3 Å². The van der Waals surface area contributed by atoms with Crippen LogP contribution in [-0.4, -0.2) is 90.4 Å². The number of urea groups is 1. The summed E-state index contributed by atoms with van der Waals surface area (Å²) in [4.78, 5) is 35.2. The molecule has 0 radical (unpaired) electrons. The number of rotatable bonds is 5. The first-order chi connectivity index (χ1) is 15.6. The Morgan fingerprint density at radius 1 is 1.09 bits per heavy atom. The molecule has 4 rings (SSSR count). The van der Waals surface area contributed by atoms with Crippen LogP contribution in [0.15, 0.2) is 12.1 Å². The van der Waals surface area contributed by atoms with Crippen LogP contribution in [0.1, 0.15) is 62.0 Å². The third-order valence-electron chi connectivity index (χ3n) is 8.09. The van der Waals surface area contributed by atoms with Crippen LogP contribution in [0.4, 0.5) is 4.79 Å². The summed E-state index contributed by atoms with van der Waals surface area (Å²) in [6, 6.07) is 5.07. The zero-order chi connectivity index (χ0) is 23.8. The monoisotopic (exact) mass is 586 g/mol. The first kappa shape index (κ1) is 25.2. The maximum Gasteiger partial charge on any atom is 0.320 e. The lowest BCUT2D eigenvalue weighted by Gasteiger charge is -2.39.